The maximum atomic E-state index is 13.1. The van der Waals surface area contributed by atoms with Gasteiger partial charge in [-0.25, -0.2) is 9.78 Å². The number of rotatable bonds is 5. The van der Waals surface area contributed by atoms with Crippen molar-refractivity contribution in [1.82, 2.24) is 25.3 Å². The number of aromatic amines is 1. The summed E-state index contributed by atoms with van der Waals surface area (Å²) in [7, 11) is 0. The number of benzene rings is 2. The van der Waals surface area contributed by atoms with Gasteiger partial charge in [-0.05, 0) is 24.1 Å². The summed E-state index contributed by atoms with van der Waals surface area (Å²) < 4.78 is 1.52. The number of hydrogen-bond acceptors (Lipinski definition) is 4. The van der Waals surface area contributed by atoms with Crippen molar-refractivity contribution in [3.05, 3.63) is 112 Å². The fraction of sp³-hybridized carbons (Fsp3) is 0.0909. The first kappa shape index (κ1) is 18.4. The second kappa shape index (κ2) is 7.93. The molecule has 7 nitrogen and oxygen atoms in total. The van der Waals surface area contributed by atoms with E-state index in [0.717, 1.165) is 11.1 Å². The first-order chi connectivity index (χ1) is 14.1. The lowest BCUT2D eigenvalue weighted by Gasteiger charge is -2.20. The number of nitrogens with one attached hydrogen (secondary N) is 2. The lowest BCUT2D eigenvalue weighted by Crippen LogP contribution is -2.29. The van der Waals surface area contributed by atoms with Gasteiger partial charge in [0.05, 0.1) is 23.5 Å². The van der Waals surface area contributed by atoms with Crippen LogP contribution >= 0.6 is 0 Å². The van der Waals surface area contributed by atoms with Gasteiger partial charge in [-0.2, -0.15) is 10.2 Å². The molecule has 0 bridgehead atoms. The van der Waals surface area contributed by atoms with Gasteiger partial charge in [0.1, 0.15) is 0 Å². The molecule has 144 valence electrons. The summed E-state index contributed by atoms with van der Waals surface area (Å²) in [6.07, 6.45) is 1.50. The highest BCUT2D eigenvalue weighted by Gasteiger charge is 2.21. The minimum atomic E-state index is -0.301. The Balaban J connectivity index is 1.65. The van der Waals surface area contributed by atoms with Crippen molar-refractivity contribution in [2.75, 3.05) is 0 Å². The molecule has 4 aromatic rings. The van der Waals surface area contributed by atoms with Crippen LogP contribution in [0, 0.1) is 6.92 Å². The number of hydrogen-bond donors (Lipinski definition) is 2. The monoisotopic (exact) mass is 385 g/mol. The first-order valence-corrected chi connectivity index (χ1v) is 9.15. The molecule has 0 saturated heterocycles. The normalized spacial score (nSPS) is 10.8. The number of nitrogens with zero attached hydrogens (tertiary/aromatic N) is 3. The molecular weight excluding hydrogens is 366 g/mol. The molecule has 0 aliphatic rings. The van der Waals surface area contributed by atoms with Crippen molar-refractivity contribution in [3.8, 4) is 5.82 Å². The largest absolute Gasteiger partial charge is 0.341 e. The minimum absolute atomic E-state index is 0.240. The molecule has 0 spiro atoms. The zero-order valence-electron chi connectivity index (χ0n) is 15.7. The highest BCUT2D eigenvalue weighted by Crippen LogP contribution is 2.23. The molecule has 0 aliphatic carbocycles. The summed E-state index contributed by atoms with van der Waals surface area (Å²) >= 11 is 0. The third-order valence-corrected chi connectivity index (χ3v) is 4.68. The molecular formula is C22H19N5O2. The number of amides is 1. The van der Waals surface area contributed by atoms with Crippen molar-refractivity contribution < 1.29 is 4.79 Å². The van der Waals surface area contributed by atoms with Gasteiger partial charge < -0.3 is 5.32 Å². The fourth-order valence-electron chi connectivity index (χ4n) is 3.18. The molecule has 4 rings (SSSR count). The second-order valence-corrected chi connectivity index (χ2v) is 6.56. The molecule has 0 aliphatic heterocycles. The Morgan fingerprint density at radius 2 is 1.59 bits per heavy atom. The Kier molecular flexibility index (Phi) is 5.03. The van der Waals surface area contributed by atoms with Gasteiger partial charge in [0.25, 0.3) is 11.5 Å². The molecule has 1 amide bonds. The average molecular weight is 385 g/mol. The molecule has 0 atom stereocenters. The third kappa shape index (κ3) is 3.84. The predicted molar refractivity (Wildman–Crippen MR) is 109 cm³/mol. The number of carbonyl (C=O) groups excluding carboxylic acids is 1. The molecule has 2 aromatic carbocycles. The summed E-state index contributed by atoms with van der Waals surface area (Å²) in [5.74, 6) is 0.194. The van der Waals surface area contributed by atoms with Crippen molar-refractivity contribution in [2.45, 2.75) is 13.0 Å². The van der Waals surface area contributed by atoms with E-state index in [1.165, 1.54) is 16.9 Å². The van der Waals surface area contributed by atoms with Crippen LogP contribution in [0.15, 0.2) is 83.8 Å². The zero-order valence-corrected chi connectivity index (χ0v) is 15.7. The zero-order chi connectivity index (χ0) is 20.2. The van der Waals surface area contributed by atoms with Crippen LogP contribution in [0.2, 0.25) is 0 Å². The van der Waals surface area contributed by atoms with E-state index < -0.39 is 0 Å². The maximum absolute atomic E-state index is 13.1. The maximum Gasteiger partial charge on any atom is 0.264 e. The number of H-pyrrole nitrogens is 1. The van der Waals surface area contributed by atoms with Crippen molar-refractivity contribution in [1.29, 1.82) is 0 Å². The Morgan fingerprint density at radius 3 is 2.14 bits per heavy atom. The van der Waals surface area contributed by atoms with E-state index in [0.29, 0.717) is 17.1 Å². The van der Waals surface area contributed by atoms with Gasteiger partial charge in [-0.3, -0.25) is 9.59 Å². The molecule has 0 fully saturated rings. The van der Waals surface area contributed by atoms with E-state index in [-0.39, 0.29) is 17.5 Å². The standard InChI is InChI=1S/C22H19N5O2/c1-15-18(14-23-27(15)19-12-13-20(28)26-25-19)22(29)24-21(16-8-4-2-5-9-16)17-10-6-3-7-11-17/h2-14,21H,1H3,(H,24,29)(H,26,28). The Morgan fingerprint density at radius 1 is 0.966 bits per heavy atom. The highest BCUT2D eigenvalue weighted by atomic mass is 16.1. The van der Waals surface area contributed by atoms with Crippen molar-refractivity contribution in [3.63, 3.8) is 0 Å². The van der Waals surface area contributed by atoms with E-state index in [1.54, 1.807) is 13.0 Å². The lowest BCUT2D eigenvalue weighted by molar-refractivity contribution is 0.0942. The summed E-state index contributed by atoms with van der Waals surface area (Å²) in [6, 6.07) is 22.2. The third-order valence-electron chi connectivity index (χ3n) is 4.68. The topological polar surface area (TPSA) is 92.7 Å². The molecule has 0 unspecified atom stereocenters. The molecule has 0 saturated carbocycles. The smallest absolute Gasteiger partial charge is 0.264 e. The van der Waals surface area contributed by atoms with E-state index in [4.69, 9.17) is 0 Å². The van der Waals surface area contributed by atoms with Gasteiger partial charge in [-0.1, -0.05) is 60.7 Å². The fourth-order valence-corrected chi connectivity index (χ4v) is 3.18. The van der Waals surface area contributed by atoms with Gasteiger partial charge in [0, 0.05) is 6.07 Å². The van der Waals surface area contributed by atoms with Crippen LogP contribution in [0.1, 0.15) is 33.2 Å². The van der Waals surface area contributed by atoms with E-state index in [9.17, 15) is 9.59 Å². The minimum Gasteiger partial charge on any atom is -0.341 e. The number of aromatic nitrogens is 4. The molecule has 2 N–H and O–H groups in total. The number of carbonyl (C=O) groups is 1. The molecule has 7 heteroatoms. The molecule has 29 heavy (non-hydrogen) atoms. The Bertz CT molecular complexity index is 1120. The van der Waals surface area contributed by atoms with Crippen LogP contribution in [0.3, 0.4) is 0 Å². The highest BCUT2D eigenvalue weighted by molar-refractivity contribution is 5.95. The van der Waals surface area contributed by atoms with Gasteiger partial charge in [0.2, 0.25) is 0 Å². The van der Waals surface area contributed by atoms with Crippen molar-refractivity contribution in [2.24, 2.45) is 0 Å². The average Bonchev–Trinajstić information content (AvgIpc) is 3.15. The second-order valence-electron chi connectivity index (χ2n) is 6.56. The van der Waals surface area contributed by atoms with Gasteiger partial charge in [0.15, 0.2) is 5.82 Å². The van der Waals surface area contributed by atoms with Gasteiger partial charge >= 0.3 is 0 Å². The van der Waals surface area contributed by atoms with Crippen molar-refractivity contribution >= 4 is 5.91 Å². The Hall–Kier alpha value is -4.00. The Labute approximate surface area is 167 Å². The van der Waals surface area contributed by atoms with E-state index in [2.05, 4.69) is 20.6 Å². The van der Waals surface area contributed by atoms with Gasteiger partial charge in [-0.15, -0.1) is 0 Å². The van der Waals surface area contributed by atoms with E-state index >= 15 is 0 Å². The van der Waals surface area contributed by atoms with Crippen LogP contribution in [0.4, 0.5) is 0 Å². The van der Waals surface area contributed by atoms with Crippen LogP contribution < -0.4 is 10.9 Å². The summed E-state index contributed by atoms with van der Waals surface area (Å²) in [5.41, 5.74) is 2.74. The lowest BCUT2D eigenvalue weighted by atomic mass is 9.98. The van der Waals surface area contributed by atoms with E-state index in [1.807, 2.05) is 60.7 Å². The van der Waals surface area contributed by atoms with Crippen LogP contribution in [0.5, 0.6) is 0 Å². The molecule has 2 aromatic heterocycles. The predicted octanol–water partition coefficient (Wildman–Crippen LogP) is 2.78. The van der Waals surface area contributed by atoms with Crippen LogP contribution in [0.25, 0.3) is 5.82 Å². The van der Waals surface area contributed by atoms with Crippen LogP contribution in [-0.2, 0) is 0 Å². The summed E-state index contributed by atoms with van der Waals surface area (Å²) in [5, 5.41) is 13.7. The SMILES string of the molecule is Cc1c(C(=O)NC(c2ccccc2)c2ccccc2)cnn1-c1ccc(=O)[nH]n1. The molecule has 0 radical (unpaired) electrons. The quantitative estimate of drug-likeness (QED) is 0.552. The summed E-state index contributed by atoms with van der Waals surface area (Å²) in [6.45, 7) is 1.79. The van der Waals surface area contributed by atoms with Crippen LogP contribution in [-0.4, -0.2) is 25.9 Å². The summed E-state index contributed by atoms with van der Waals surface area (Å²) in [4.78, 5) is 24.3. The first-order valence-electron chi connectivity index (χ1n) is 9.15. The molecule has 2 heterocycles.